The minimum absolute atomic E-state index is 0.278. The molecule has 118 valence electrons. The fraction of sp³-hybridized carbons (Fsp3) is 0.625. The average Bonchev–Trinajstić information content (AvgIpc) is 2.35. The Morgan fingerprint density at radius 1 is 1.14 bits per heavy atom. The molecule has 0 aliphatic heterocycles. The molecule has 0 unspecified atom stereocenters. The fourth-order valence-corrected chi connectivity index (χ4v) is 3.65. The molecular weight excluding hydrogens is 287 g/mol. The maximum atomic E-state index is 11.0. The van der Waals surface area contributed by atoms with Gasteiger partial charge in [0.25, 0.3) is 0 Å². The third kappa shape index (κ3) is 4.09. The number of hydrogen-bond donors (Lipinski definition) is 2. The van der Waals surface area contributed by atoms with E-state index in [0.29, 0.717) is 11.3 Å². The van der Waals surface area contributed by atoms with Crippen LogP contribution >= 0.6 is 7.82 Å². The number of phosphoric acid groups is 1. The van der Waals surface area contributed by atoms with E-state index < -0.39 is 7.82 Å². The molecule has 0 amide bonds. The van der Waals surface area contributed by atoms with Crippen LogP contribution in [0.3, 0.4) is 0 Å². The van der Waals surface area contributed by atoms with Crippen molar-refractivity contribution in [2.75, 3.05) is 0 Å². The van der Waals surface area contributed by atoms with Gasteiger partial charge in [-0.3, -0.25) is 9.79 Å². The molecule has 1 aliphatic rings. The lowest BCUT2D eigenvalue weighted by Crippen LogP contribution is -2.20. The first-order chi connectivity index (χ1) is 9.59. The van der Waals surface area contributed by atoms with Crippen LogP contribution in [-0.2, 0) is 4.57 Å². The summed E-state index contributed by atoms with van der Waals surface area (Å²) >= 11 is 0. The molecule has 0 saturated heterocycles. The van der Waals surface area contributed by atoms with Crippen molar-refractivity contribution in [1.29, 1.82) is 0 Å². The summed E-state index contributed by atoms with van der Waals surface area (Å²) in [6, 6.07) is 3.66. The molecule has 2 rings (SSSR count). The van der Waals surface area contributed by atoms with Crippen LogP contribution in [0.1, 0.15) is 62.1 Å². The molecule has 0 aromatic heterocycles. The van der Waals surface area contributed by atoms with Gasteiger partial charge in [0.15, 0.2) is 0 Å². The zero-order valence-corrected chi connectivity index (χ0v) is 14.1. The fourth-order valence-electron chi connectivity index (χ4n) is 3.20. The van der Waals surface area contributed by atoms with Crippen molar-refractivity contribution >= 4 is 7.82 Å². The topological polar surface area (TPSA) is 66.8 Å². The first-order valence-corrected chi connectivity index (χ1v) is 8.97. The van der Waals surface area contributed by atoms with E-state index in [1.165, 1.54) is 31.2 Å². The summed E-state index contributed by atoms with van der Waals surface area (Å²) < 4.78 is 15.7. The first kappa shape index (κ1) is 16.5. The number of hydrogen-bond acceptors (Lipinski definition) is 2. The van der Waals surface area contributed by atoms with Gasteiger partial charge in [-0.15, -0.1) is 0 Å². The van der Waals surface area contributed by atoms with Gasteiger partial charge in [-0.1, -0.05) is 19.9 Å². The lowest BCUT2D eigenvalue weighted by molar-refractivity contribution is 0.224. The Morgan fingerprint density at radius 3 is 2.24 bits per heavy atom. The average molecular weight is 312 g/mol. The van der Waals surface area contributed by atoms with Crippen LogP contribution in [0.5, 0.6) is 5.75 Å². The highest BCUT2D eigenvalue weighted by Crippen LogP contribution is 2.45. The van der Waals surface area contributed by atoms with E-state index in [2.05, 4.69) is 13.8 Å². The lowest BCUT2D eigenvalue weighted by atomic mass is 9.70. The van der Waals surface area contributed by atoms with Gasteiger partial charge in [0.2, 0.25) is 0 Å². The van der Waals surface area contributed by atoms with E-state index in [-0.39, 0.29) is 5.75 Å². The van der Waals surface area contributed by atoms with Crippen LogP contribution in [-0.4, -0.2) is 9.79 Å². The maximum Gasteiger partial charge on any atom is 0.524 e. The largest absolute Gasteiger partial charge is 0.524 e. The molecule has 5 heteroatoms. The van der Waals surface area contributed by atoms with Gasteiger partial charge in [0.1, 0.15) is 5.75 Å². The first-order valence-electron chi connectivity index (χ1n) is 7.44. The summed E-state index contributed by atoms with van der Waals surface area (Å²) in [7, 11) is -4.50. The van der Waals surface area contributed by atoms with Crippen LogP contribution in [0.2, 0.25) is 0 Å². The molecule has 0 atom stereocenters. The van der Waals surface area contributed by atoms with Gasteiger partial charge in [-0.05, 0) is 73.6 Å². The SMILES string of the molecule is Cc1c(OP(=O)(O)O)ccc(C2CCC(C)(C)CC2)c1C. The molecule has 4 nitrogen and oxygen atoms in total. The Bertz CT molecular complexity index is 564. The number of rotatable bonds is 3. The second kappa shape index (κ2) is 5.75. The summed E-state index contributed by atoms with van der Waals surface area (Å²) in [5.41, 5.74) is 3.63. The van der Waals surface area contributed by atoms with Crippen LogP contribution in [0, 0.1) is 19.3 Å². The Labute approximate surface area is 126 Å². The monoisotopic (exact) mass is 312 g/mol. The highest BCUT2D eigenvalue weighted by Gasteiger charge is 2.29. The zero-order chi connectivity index (χ0) is 15.8. The van der Waals surface area contributed by atoms with E-state index in [1.54, 1.807) is 6.07 Å². The summed E-state index contributed by atoms with van der Waals surface area (Å²) in [6.45, 7) is 8.50. The van der Waals surface area contributed by atoms with Crippen molar-refractivity contribution in [2.45, 2.75) is 59.3 Å². The maximum absolute atomic E-state index is 11.0. The van der Waals surface area contributed by atoms with E-state index in [0.717, 1.165) is 11.1 Å². The Hall–Kier alpha value is -0.830. The molecule has 0 heterocycles. The van der Waals surface area contributed by atoms with E-state index >= 15 is 0 Å². The molecule has 1 saturated carbocycles. The van der Waals surface area contributed by atoms with Gasteiger partial charge in [-0.2, -0.15) is 0 Å². The predicted molar refractivity (Wildman–Crippen MR) is 83.6 cm³/mol. The third-order valence-corrected chi connectivity index (χ3v) is 5.21. The van der Waals surface area contributed by atoms with Crippen molar-refractivity contribution in [3.63, 3.8) is 0 Å². The van der Waals surface area contributed by atoms with Crippen molar-refractivity contribution in [3.05, 3.63) is 28.8 Å². The van der Waals surface area contributed by atoms with Gasteiger partial charge < -0.3 is 4.52 Å². The Balaban J connectivity index is 2.23. The Kier molecular flexibility index (Phi) is 4.53. The van der Waals surface area contributed by atoms with Crippen molar-refractivity contribution in [1.82, 2.24) is 0 Å². The summed E-state index contributed by atoms with van der Waals surface area (Å²) in [4.78, 5) is 17.9. The van der Waals surface area contributed by atoms with Crippen molar-refractivity contribution in [2.24, 2.45) is 5.41 Å². The number of benzene rings is 1. The third-order valence-electron chi connectivity index (χ3n) is 4.78. The van der Waals surface area contributed by atoms with Crippen molar-refractivity contribution < 1.29 is 18.9 Å². The van der Waals surface area contributed by atoms with Crippen LogP contribution in [0.4, 0.5) is 0 Å². The second-order valence-corrected chi connectivity index (χ2v) is 8.09. The summed E-state index contributed by atoms with van der Waals surface area (Å²) in [5, 5.41) is 0. The predicted octanol–water partition coefficient (Wildman–Crippen LogP) is 4.46. The zero-order valence-electron chi connectivity index (χ0n) is 13.2. The molecule has 21 heavy (non-hydrogen) atoms. The van der Waals surface area contributed by atoms with Crippen LogP contribution in [0.15, 0.2) is 12.1 Å². The number of phosphoric ester groups is 1. The molecular formula is C16H25O4P. The molecule has 1 aromatic carbocycles. The van der Waals surface area contributed by atoms with E-state index in [9.17, 15) is 4.57 Å². The lowest BCUT2D eigenvalue weighted by Gasteiger charge is -2.35. The summed E-state index contributed by atoms with van der Waals surface area (Å²) in [6.07, 6.45) is 4.78. The Morgan fingerprint density at radius 2 is 1.71 bits per heavy atom. The van der Waals surface area contributed by atoms with Gasteiger partial charge in [-0.25, -0.2) is 4.57 Å². The minimum Gasteiger partial charge on any atom is -0.404 e. The molecule has 0 radical (unpaired) electrons. The minimum atomic E-state index is -4.50. The van der Waals surface area contributed by atoms with Crippen LogP contribution in [0.25, 0.3) is 0 Å². The van der Waals surface area contributed by atoms with E-state index in [4.69, 9.17) is 14.3 Å². The van der Waals surface area contributed by atoms with E-state index in [1.807, 2.05) is 19.9 Å². The van der Waals surface area contributed by atoms with Gasteiger partial charge >= 0.3 is 7.82 Å². The molecule has 1 fully saturated rings. The molecule has 0 bridgehead atoms. The smallest absolute Gasteiger partial charge is 0.404 e. The quantitative estimate of drug-likeness (QED) is 0.809. The second-order valence-electron chi connectivity index (χ2n) is 6.92. The molecule has 0 spiro atoms. The van der Waals surface area contributed by atoms with Crippen LogP contribution < -0.4 is 4.52 Å². The standard InChI is InChI=1S/C16H25O4P/c1-11-12(2)15(20-21(17,18)19)6-5-14(11)13-7-9-16(3,4)10-8-13/h5-6,13H,7-10H2,1-4H3,(H2,17,18,19). The highest BCUT2D eigenvalue weighted by atomic mass is 31.2. The van der Waals surface area contributed by atoms with Crippen molar-refractivity contribution in [3.8, 4) is 5.75 Å². The highest BCUT2D eigenvalue weighted by molar-refractivity contribution is 7.46. The molecule has 2 N–H and O–H groups in total. The normalized spacial score (nSPS) is 19.5. The molecule has 1 aliphatic carbocycles. The molecule has 1 aromatic rings. The van der Waals surface area contributed by atoms with Gasteiger partial charge in [0.05, 0.1) is 0 Å². The summed E-state index contributed by atoms with van der Waals surface area (Å²) in [5.74, 6) is 0.821. The van der Waals surface area contributed by atoms with Gasteiger partial charge in [0, 0.05) is 0 Å².